The molecule has 0 saturated carbocycles. The first-order chi connectivity index (χ1) is 9.17. The van der Waals surface area contributed by atoms with E-state index in [1.165, 1.54) is 5.57 Å². The highest BCUT2D eigenvalue weighted by atomic mass is 32.2. The number of nitrogens with one attached hydrogen (secondary N) is 1. The molecule has 1 aliphatic heterocycles. The van der Waals surface area contributed by atoms with Crippen LogP contribution in [-0.2, 0) is 14.6 Å². The van der Waals surface area contributed by atoms with Crippen molar-refractivity contribution in [3.05, 3.63) is 11.6 Å². The van der Waals surface area contributed by atoms with Crippen LogP contribution in [0.5, 0.6) is 0 Å². The Labute approximate surface area is 120 Å². The van der Waals surface area contributed by atoms with Gasteiger partial charge in [0.1, 0.15) is 0 Å². The number of amides is 1. The van der Waals surface area contributed by atoms with Crippen molar-refractivity contribution in [3.63, 3.8) is 0 Å². The Morgan fingerprint density at radius 3 is 2.65 bits per heavy atom. The SMILES string of the molecule is CC1=CC(=NNC(=O)C2CCS(=O)(=O)C2)CC(C)(C)C1. The number of hydrogen-bond acceptors (Lipinski definition) is 4. The van der Waals surface area contributed by atoms with E-state index >= 15 is 0 Å². The van der Waals surface area contributed by atoms with Gasteiger partial charge in [0.05, 0.1) is 23.1 Å². The predicted molar refractivity (Wildman–Crippen MR) is 79.1 cm³/mol. The maximum atomic E-state index is 11.9. The van der Waals surface area contributed by atoms with Crippen molar-refractivity contribution in [2.24, 2.45) is 16.4 Å². The van der Waals surface area contributed by atoms with Crippen molar-refractivity contribution in [2.75, 3.05) is 11.5 Å². The van der Waals surface area contributed by atoms with Gasteiger partial charge in [-0.15, -0.1) is 0 Å². The van der Waals surface area contributed by atoms with Crippen LogP contribution in [0.3, 0.4) is 0 Å². The summed E-state index contributed by atoms with van der Waals surface area (Å²) in [7, 11) is -3.03. The van der Waals surface area contributed by atoms with Crippen molar-refractivity contribution in [1.29, 1.82) is 0 Å². The Morgan fingerprint density at radius 2 is 2.10 bits per heavy atom. The molecule has 1 atom stereocenters. The molecular weight excluding hydrogens is 276 g/mol. The van der Waals surface area contributed by atoms with Gasteiger partial charge in [-0.05, 0) is 37.7 Å². The highest BCUT2D eigenvalue weighted by Gasteiger charge is 2.33. The number of carbonyl (C=O) groups is 1. The molecule has 0 radical (unpaired) electrons. The lowest BCUT2D eigenvalue weighted by atomic mass is 9.77. The van der Waals surface area contributed by atoms with Crippen LogP contribution in [0.2, 0.25) is 0 Å². The van der Waals surface area contributed by atoms with E-state index in [-0.39, 0.29) is 22.8 Å². The average molecular weight is 298 g/mol. The highest BCUT2D eigenvalue weighted by Crippen LogP contribution is 2.33. The number of nitrogens with zero attached hydrogens (tertiary/aromatic N) is 1. The summed E-state index contributed by atoms with van der Waals surface area (Å²) in [6.45, 7) is 6.40. The van der Waals surface area contributed by atoms with E-state index in [2.05, 4.69) is 31.3 Å². The number of allylic oxidation sites excluding steroid dienone is 2. The van der Waals surface area contributed by atoms with Crippen LogP contribution in [0.25, 0.3) is 0 Å². The molecule has 1 saturated heterocycles. The summed E-state index contributed by atoms with van der Waals surface area (Å²) in [5, 5.41) is 4.17. The van der Waals surface area contributed by atoms with Crippen LogP contribution in [0, 0.1) is 11.3 Å². The summed E-state index contributed by atoms with van der Waals surface area (Å²) < 4.78 is 22.7. The van der Waals surface area contributed by atoms with Crippen molar-refractivity contribution in [3.8, 4) is 0 Å². The second kappa shape index (κ2) is 5.31. The zero-order valence-electron chi connectivity index (χ0n) is 12.3. The van der Waals surface area contributed by atoms with E-state index < -0.39 is 15.8 Å². The smallest absolute Gasteiger partial charge is 0.244 e. The molecule has 0 aromatic rings. The topological polar surface area (TPSA) is 75.6 Å². The average Bonchev–Trinajstić information content (AvgIpc) is 2.64. The zero-order chi connectivity index (χ0) is 15.0. The molecule has 1 N–H and O–H groups in total. The van der Waals surface area contributed by atoms with Gasteiger partial charge < -0.3 is 0 Å². The molecule has 5 nitrogen and oxygen atoms in total. The van der Waals surface area contributed by atoms with Gasteiger partial charge in [-0.25, -0.2) is 13.8 Å². The second-order valence-electron chi connectivity index (χ2n) is 6.69. The standard InChI is InChI=1S/C14H22N2O3S/c1-10-6-12(8-14(2,3)7-10)15-16-13(17)11-4-5-20(18,19)9-11/h6,11H,4-5,7-9H2,1-3H3,(H,16,17). The third-order valence-corrected chi connectivity index (χ3v) is 5.51. The Morgan fingerprint density at radius 1 is 1.40 bits per heavy atom. The molecule has 0 aromatic carbocycles. The summed E-state index contributed by atoms with van der Waals surface area (Å²) in [5.74, 6) is -0.684. The first kappa shape index (κ1) is 15.2. The van der Waals surface area contributed by atoms with Crippen LogP contribution >= 0.6 is 0 Å². The van der Waals surface area contributed by atoms with Crippen LogP contribution in [0.4, 0.5) is 0 Å². The van der Waals surface area contributed by atoms with Gasteiger partial charge in [0.2, 0.25) is 5.91 Å². The molecule has 1 unspecified atom stereocenters. The molecule has 1 amide bonds. The fourth-order valence-electron chi connectivity index (χ4n) is 2.99. The number of sulfone groups is 1. The van der Waals surface area contributed by atoms with E-state index in [1.807, 2.05) is 6.08 Å². The molecule has 112 valence electrons. The van der Waals surface area contributed by atoms with Gasteiger partial charge in [-0.3, -0.25) is 4.79 Å². The Balaban J connectivity index is 1.99. The minimum Gasteiger partial charge on any atom is -0.273 e. The van der Waals surface area contributed by atoms with E-state index in [4.69, 9.17) is 0 Å². The molecular formula is C14H22N2O3S. The van der Waals surface area contributed by atoms with E-state index in [0.29, 0.717) is 6.42 Å². The lowest BCUT2D eigenvalue weighted by molar-refractivity contribution is -0.124. The van der Waals surface area contributed by atoms with Gasteiger partial charge in [0.25, 0.3) is 0 Å². The number of hydrogen-bond donors (Lipinski definition) is 1. The molecule has 0 aromatic heterocycles. The Hall–Kier alpha value is -1.17. The molecule has 0 bridgehead atoms. The van der Waals surface area contributed by atoms with E-state index in [0.717, 1.165) is 18.6 Å². The van der Waals surface area contributed by atoms with Crippen LogP contribution in [-0.4, -0.2) is 31.5 Å². The lowest BCUT2D eigenvalue weighted by Crippen LogP contribution is -2.30. The Kier molecular flexibility index (Phi) is 4.04. The second-order valence-corrected chi connectivity index (χ2v) is 8.92. The summed E-state index contributed by atoms with van der Waals surface area (Å²) >= 11 is 0. The van der Waals surface area contributed by atoms with Gasteiger partial charge in [-0.1, -0.05) is 19.4 Å². The minimum absolute atomic E-state index is 0.0515. The number of rotatable bonds is 2. The quantitative estimate of drug-likeness (QED) is 0.788. The first-order valence-electron chi connectivity index (χ1n) is 6.91. The van der Waals surface area contributed by atoms with Gasteiger partial charge >= 0.3 is 0 Å². The first-order valence-corrected chi connectivity index (χ1v) is 8.73. The lowest BCUT2D eigenvalue weighted by Gasteiger charge is -2.29. The van der Waals surface area contributed by atoms with Crippen LogP contribution in [0.1, 0.15) is 40.0 Å². The van der Waals surface area contributed by atoms with Crippen LogP contribution < -0.4 is 5.43 Å². The summed E-state index contributed by atoms with van der Waals surface area (Å²) in [6.07, 6.45) is 4.24. The highest BCUT2D eigenvalue weighted by molar-refractivity contribution is 7.91. The minimum atomic E-state index is -3.03. The molecule has 1 aliphatic carbocycles. The fraction of sp³-hybridized carbons (Fsp3) is 0.714. The van der Waals surface area contributed by atoms with Gasteiger partial charge in [-0.2, -0.15) is 5.10 Å². The normalized spacial score (nSPS) is 30.1. The largest absolute Gasteiger partial charge is 0.273 e. The fourth-order valence-corrected chi connectivity index (χ4v) is 4.73. The number of hydrazone groups is 1. The van der Waals surface area contributed by atoms with E-state index in [1.54, 1.807) is 0 Å². The van der Waals surface area contributed by atoms with Gasteiger partial charge in [0.15, 0.2) is 9.84 Å². The van der Waals surface area contributed by atoms with Crippen LogP contribution in [0.15, 0.2) is 16.8 Å². The molecule has 2 aliphatic rings. The summed E-state index contributed by atoms with van der Waals surface area (Å²) in [6, 6.07) is 0. The van der Waals surface area contributed by atoms with Gasteiger partial charge in [0, 0.05) is 0 Å². The molecule has 6 heteroatoms. The van der Waals surface area contributed by atoms with Crippen molar-refractivity contribution < 1.29 is 13.2 Å². The maximum absolute atomic E-state index is 11.9. The van der Waals surface area contributed by atoms with E-state index in [9.17, 15) is 13.2 Å². The molecule has 20 heavy (non-hydrogen) atoms. The monoisotopic (exact) mass is 298 g/mol. The van der Waals surface area contributed by atoms with Crippen molar-refractivity contribution >= 4 is 21.5 Å². The third-order valence-electron chi connectivity index (χ3n) is 3.74. The number of carbonyl (C=O) groups excluding carboxylic acids is 1. The van der Waals surface area contributed by atoms with Crippen molar-refractivity contribution in [1.82, 2.24) is 5.43 Å². The molecule has 0 spiro atoms. The molecule has 2 rings (SSSR count). The maximum Gasteiger partial charge on any atom is 0.244 e. The van der Waals surface area contributed by atoms with Crippen molar-refractivity contribution in [2.45, 2.75) is 40.0 Å². The molecule has 1 heterocycles. The molecule has 1 fully saturated rings. The third kappa shape index (κ3) is 3.91. The predicted octanol–water partition coefficient (Wildman–Crippen LogP) is 1.66. The zero-order valence-corrected chi connectivity index (χ0v) is 13.1. The summed E-state index contributed by atoms with van der Waals surface area (Å²) in [5.41, 5.74) is 4.78. The Bertz CT molecular complexity index is 573. The summed E-state index contributed by atoms with van der Waals surface area (Å²) in [4.78, 5) is 11.9.